The summed E-state index contributed by atoms with van der Waals surface area (Å²) >= 11 is 0. The van der Waals surface area contributed by atoms with Crippen LogP contribution < -0.4 is 10.6 Å². The molecule has 3 rings (SSSR count). The monoisotopic (exact) mass is 408 g/mol. The van der Waals surface area contributed by atoms with Gasteiger partial charge in [0.25, 0.3) is 0 Å². The van der Waals surface area contributed by atoms with Crippen molar-refractivity contribution in [3.05, 3.63) is 83.1 Å². The molecule has 0 bridgehead atoms. The van der Waals surface area contributed by atoms with Crippen molar-refractivity contribution < 1.29 is 23.9 Å². The van der Waals surface area contributed by atoms with E-state index in [4.69, 9.17) is 9.47 Å². The molecule has 0 saturated heterocycles. The molecule has 7 nitrogen and oxygen atoms in total. The first kappa shape index (κ1) is 21.1. The molecule has 30 heavy (non-hydrogen) atoms. The minimum atomic E-state index is -0.631. The molecule has 156 valence electrons. The Balaban J connectivity index is 1.86. The molecule has 0 radical (unpaired) electrons. The van der Waals surface area contributed by atoms with Gasteiger partial charge in [0, 0.05) is 0 Å². The lowest BCUT2D eigenvalue weighted by Crippen LogP contribution is -2.50. The first-order valence-corrected chi connectivity index (χ1v) is 9.75. The topological polar surface area (TPSA) is 93.7 Å². The summed E-state index contributed by atoms with van der Waals surface area (Å²) in [6.07, 6.45) is 0. The summed E-state index contributed by atoms with van der Waals surface area (Å²) in [5.74, 6) is -1.68. The number of carbonyl (C=O) groups is 3. The average Bonchev–Trinajstić information content (AvgIpc) is 2.73. The zero-order valence-corrected chi connectivity index (χ0v) is 16.9. The van der Waals surface area contributed by atoms with E-state index in [1.54, 1.807) is 13.8 Å². The van der Waals surface area contributed by atoms with E-state index in [1.807, 2.05) is 60.7 Å². The molecule has 1 atom stereocenters. The largest absolute Gasteiger partial charge is 0.463 e. The summed E-state index contributed by atoms with van der Waals surface area (Å²) in [5.41, 5.74) is 2.03. The first-order valence-electron chi connectivity index (χ1n) is 9.75. The molecule has 2 aromatic carbocycles. The summed E-state index contributed by atoms with van der Waals surface area (Å²) in [4.78, 5) is 37.3. The van der Waals surface area contributed by atoms with E-state index in [-0.39, 0.29) is 24.5 Å². The first-order chi connectivity index (χ1) is 14.5. The van der Waals surface area contributed by atoms with E-state index in [9.17, 15) is 14.4 Å². The second-order valence-electron chi connectivity index (χ2n) is 6.79. The van der Waals surface area contributed by atoms with E-state index in [0.717, 1.165) is 11.1 Å². The third-order valence-electron chi connectivity index (χ3n) is 4.73. The van der Waals surface area contributed by atoms with Crippen molar-refractivity contribution in [1.29, 1.82) is 0 Å². The lowest BCUT2D eigenvalue weighted by Gasteiger charge is -2.27. The highest BCUT2D eigenvalue weighted by Crippen LogP contribution is 2.26. The maximum absolute atomic E-state index is 13.1. The summed E-state index contributed by atoms with van der Waals surface area (Å²) in [6, 6.07) is 17.6. The Kier molecular flexibility index (Phi) is 6.85. The molecule has 0 spiro atoms. The van der Waals surface area contributed by atoms with Gasteiger partial charge in [0.15, 0.2) is 0 Å². The fourth-order valence-electron chi connectivity index (χ4n) is 3.38. The maximum atomic E-state index is 13.1. The van der Waals surface area contributed by atoms with Gasteiger partial charge in [0.2, 0.25) is 0 Å². The van der Waals surface area contributed by atoms with Gasteiger partial charge < -0.3 is 20.1 Å². The van der Waals surface area contributed by atoms with Gasteiger partial charge in [-0.15, -0.1) is 0 Å². The molecule has 0 aliphatic carbocycles. The van der Waals surface area contributed by atoms with E-state index in [0.29, 0.717) is 0 Å². The van der Waals surface area contributed by atoms with Crippen LogP contribution in [0.5, 0.6) is 0 Å². The second-order valence-corrected chi connectivity index (χ2v) is 6.79. The molecule has 2 N–H and O–H groups in total. The number of hydrogen-bond acceptors (Lipinski definition) is 5. The number of amides is 2. The normalized spacial score (nSPS) is 16.0. The van der Waals surface area contributed by atoms with Crippen LogP contribution in [0.1, 0.15) is 30.9 Å². The Morgan fingerprint density at radius 3 is 2.07 bits per heavy atom. The Hall–Kier alpha value is -3.61. The van der Waals surface area contributed by atoms with Gasteiger partial charge >= 0.3 is 18.0 Å². The molecule has 1 heterocycles. The minimum Gasteiger partial charge on any atom is -0.463 e. The summed E-state index contributed by atoms with van der Waals surface area (Å²) in [5, 5.41) is 5.17. The van der Waals surface area contributed by atoms with Gasteiger partial charge in [-0.3, -0.25) is 4.79 Å². The van der Waals surface area contributed by atoms with Crippen molar-refractivity contribution in [2.24, 2.45) is 0 Å². The Bertz CT molecular complexity index is 901. The van der Waals surface area contributed by atoms with Crippen LogP contribution >= 0.6 is 0 Å². The SMILES string of the molecule is CCOC(=O)C1=C(COC(=O)C(c2ccccc2)c2ccccc2)NC(=O)N[C@@H]1C. The number of hydrogen-bond donors (Lipinski definition) is 2. The molecule has 2 aromatic rings. The van der Waals surface area contributed by atoms with Crippen LogP contribution in [0.4, 0.5) is 4.79 Å². The van der Waals surface area contributed by atoms with Gasteiger partial charge in [0.1, 0.15) is 12.5 Å². The molecule has 2 amide bonds. The van der Waals surface area contributed by atoms with Crippen molar-refractivity contribution in [1.82, 2.24) is 10.6 Å². The van der Waals surface area contributed by atoms with Gasteiger partial charge in [-0.05, 0) is 25.0 Å². The molecule has 7 heteroatoms. The summed E-state index contributed by atoms with van der Waals surface area (Å²) < 4.78 is 10.6. The van der Waals surface area contributed by atoms with Gasteiger partial charge in [0.05, 0.1) is 23.9 Å². The highest BCUT2D eigenvalue weighted by atomic mass is 16.5. The number of rotatable bonds is 7. The predicted octanol–water partition coefficient (Wildman–Crippen LogP) is 2.88. The van der Waals surface area contributed by atoms with Gasteiger partial charge in [-0.2, -0.15) is 0 Å². The average molecular weight is 408 g/mol. The number of nitrogens with one attached hydrogen (secondary N) is 2. The minimum absolute atomic E-state index is 0.195. The molecule has 0 unspecified atom stereocenters. The third kappa shape index (κ3) is 4.86. The number of esters is 2. The van der Waals surface area contributed by atoms with Crippen LogP contribution in [0.15, 0.2) is 71.9 Å². The van der Waals surface area contributed by atoms with Crippen molar-refractivity contribution in [3.63, 3.8) is 0 Å². The van der Waals surface area contributed by atoms with Gasteiger partial charge in [-0.1, -0.05) is 60.7 Å². The predicted molar refractivity (Wildman–Crippen MR) is 110 cm³/mol. The van der Waals surface area contributed by atoms with Gasteiger partial charge in [-0.25, -0.2) is 9.59 Å². The molecular weight excluding hydrogens is 384 g/mol. The Labute approximate surface area is 175 Å². The van der Waals surface area contributed by atoms with Crippen LogP contribution in [-0.4, -0.2) is 37.2 Å². The molecule has 0 saturated carbocycles. The standard InChI is InChI=1S/C23H24N2O5/c1-3-29-21(26)19-15(2)24-23(28)25-18(19)14-30-22(27)20(16-10-6-4-7-11-16)17-12-8-5-9-13-17/h4-13,15,20H,3,14H2,1-2H3,(H2,24,25,28)/t15-/m1/s1. The van der Waals surface area contributed by atoms with E-state index >= 15 is 0 Å². The quantitative estimate of drug-likeness (QED) is 0.687. The molecule has 0 aromatic heterocycles. The number of benzene rings is 2. The zero-order chi connectivity index (χ0) is 21.5. The summed E-state index contributed by atoms with van der Waals surface area (Å²) in [7, 11) is 0. The summed E-state index contributed by atoms with van der Waals surface area (Å²) in [6.45, 7) is 3.31. The smallest absolute Gasteiger partial charge is 0.338 e. The Morgan fingerprint density at radius 2 is 1.53 bits per heavy atom. The molecule has 0 fully saturated rings. The fourth-order valence-corrected chi connectivity index (χ4v) is 3.38. The van der Waals surface area contributed by atoms with E-state index in [2.05, 4.69) is 10.6 Å². The van der Waals surface area contributed by atoms with Crippen molar-refractivity contribution in [2.45, 2.75) is 25.8 Å². The van der Waals surface area contributed by atoms with Crippen LogP contribution in [-0.2, 0) is 19.1 Å². The maximum Gasteiger partial charge on any atom is 0.338 e. The molecule has 1 aliphatic heterocycles. The molecular formula is C23H24N2O5. The zero-order valence-electron chi connectivity index (χ0n) is 16.9. The third-order valence-corrected chi connectivity index (χ3v) is 4.73. The number of carbonyl (C=O) groups excluding carboxylic acids is 3. The van der Waals surface area contributed by atoms with Crippen LogP contribution in [0.25, 0.3) is 0 Å². The lowest BCUT2D eigenvalue weighted by molar-refractivity contribution is -0.144. The van der Waals surface area contributed by atoms with Crippen LogP contribution in [0.2, 0.25) is 0 Å². The van der Waals surface area contributed by atoms with Crippen molar-refractivity contribution in [3.8, 4) is 0 Å². The van der Waals surface area contributed by atoms with Crippen molar-refractivity contribution >= 4 is 18.0 Å². The highest BCUT2D eigenvalue weighted by molar-refractivity contribution is 5.94. The highest BCUT2D eigenvalue weighted by Gasteiger charge is 2.31. The fraction of sp³-hybridized carbons (Fsp3) is 0.261. The number of ether oxygens (including phenoxy) is 2. The van der Waals surface area contributed by atoms with E-state index < -0.39 is 29.9 Å². The van der Waals surface area contributed by atoms with E-state index in [1.165, 1.54) is 0 Å². The second kappa shape index (κ2) is 9.73. The van der Waals surface area contributed by atoms with Crippen molar-refractivity contribution in [2.75, 3.05) is 13.2 Å². The van der Waals surface area contributed by atoms with Crippen LogP contribution in [0.3, 0.4) is 0 Å². The van der Waals surface area contributed by atoms with Crippen LogP contribution in [0, 0.1) is 0 Å². The Morgan fingerprint density at radius 1 is 0.967 bits per heavy atom. The molecule has 1 aliphatic rings. The number of urea groups is 1. The lowest BCUT2D eigenvalue weighted by atomic mass is 9.91.